The van der Waals surface area contributed by atoms with Crippen LogP contribution in [0, 0.1) is 11.8 Å². The number of carbonyl (C=O) groups excluding carboxylic acids is 2. The lowest BCUT2D eigenvalue weighted by atomic mass is 10.00. The minimum absolute atomic E-state index is 0.147. The van der Waals surface area contributed by atoms with E-state index in [0.717, 1.165) is 22.3 Å². The van der Waals surface area contributed by atoms with Crippen molar-refractivity contribution in [3.05, 3.63) is 82.9 Å². The third-order valence-corrected chi connectivity index (χ3v) is 4.95. The fraction of sp³-hybridized carbons (Fsp3) is 0.182. The summed E-state index contributed by atoms with van der Waals surface area (Å²) in [7, 11) is 0. The Labute approximate surface area is 141 Å². The summed E-state index contributed by atoms with van der Waals surface area (Å²) in [4.78, 5) is 25.4. The molecule has 24 heavy (non-hydrogen) atoms. The molecule has 2 aromatic carbocycles. The van der Waals surface area contributed by atoms with E-state index in [0.29, 0.717) is 12.8 Å². The lowest BCUT2D eigenvalue weighted by Crippen LogP contribution is -2.11. The number of ketones is 2. The predicted octanol–water partition coefficient (Wildman–Crippen LogP) is 4.33. The zero-order chi connectivity index (χ0) is 16.5. The molecular formula is C22H18O2. The van der Waals surface area contributed by atoms with Gasteiger partial charge in [0.1, 0.15) is 0 Å². The number of hydrogen-bond acceptors (Lipinski definition) is 2. The highest BCUT2D eigenvalue weighted by Crippen LogP contribution is 2.45. The normalized spacial score (nSPS) is 26.3. The van der Waals surface area contributed by atoms with Crippen molar-refractivity contribution in [2.24, 2.45) is 11.8 Å². The maximum Gasteiger partial charge on any atom is 0.163 e. The molecule has 118 valence electrons. The fourth-order valence-electron chi connectivity index (χ4n) is 3.75. The molecule has 0 radical (unpaired) electrons. The molecule has 2 nitrogen and oxygen atoms in total. The molecule has 0 bridgehead atoms. The van der Waals surface area contributed by atoms with Crippen LogP contribution < -0.4 is 0 Å². The van der Waals surface area contributed by atoms with Gasteiger partial charge in [0.05, 0.1) is 0 Å². The van der Waals surface area contributed by atoms with Crippen LogP contribution in [-0.2, 0) is 9.59 Å². The molecule has 2 aromatic rings. The first-order chi connectivity index (χ1) is 11.7. The van der Waals surface area contributed by atoms with Gasteiger partial charge in [-0.1, -0.05) is 60.7 Å². The molecule has 2 unspecified atom stereocenters. The number of Topliss-reactive ketones (excluding diaryl/α,β-unsaturated/α-hetero) is 2. The Balaban J connectivity index is 1.58. The highest BCUT2D eigenvalue weighted by molar-refractivity contribution is 6.14. The summed E-state index contributed by atoms with van der Waals surface area (Å²) in [5, 5.41) is 0. The molecule has 2 aliphatic carbocycles. The van der Waals surface area contributed by atoms with Gasteiger partial charge in [0.15, 0.2) is 11.6 Å². The third-order valence-electron chi connectivity index (χ3n) is 4.95. The molecule has 4 rings (SSSR count). The number of hydrogen-bond donors (Lipinski definition) is 0. The molecule has 0 N–H and O–H groups in total. The van der Waals surface area contributed by atoms with Gasteiger partial charge < -0.3 is 0 Å². The van der Waals surface area contributed by atoms with E-state index in [4.69, 9.17) is 0 Å². The number of fused-ring (bicyclic) bond motifs is 1. The number of benzene rings is 2. The summed E-state index contributed by atoms with van der Waals surface area (Å²) in [5.74, 6) is -0.0350. The summed E-state index contributed by atoms with van der Waals surface area (Å²) in [5.41, 5.74) is 3.63. The van der Waals surface area contributed by atoms with Crippen molar-refractivity contribution in [3.63, 3.8) is 0 Å². The van der Waals surface area contributed by atoms with Crippen LogP contribution in [0.25, 0.3) is 12.2 Å². The first-order valence-electron chi connectivity index (χ1n) is 8.32. The van der Waals surface area contributed by atoms with E-state index in [1.165, 1.54) is 0 Å². The van der Waals surface area contributed by atoms with Gasteiger partial charge >= 0.3 is 0 Å². The molecular weight excluding hydrogens is 296 g/mol. The van der Waals surface area contributed by atoms with Crippen molar-refractivity contribution >= 4 is 23.7 Å². The Hall–Kier alpha value is -2.74. The quantitative estimate of drug-likeness (QED) is 0.773. The van der Waals surface area contributed by atoms with E-state index < -0.39 is 0 Å². The van der Waals surface area contributed by atoms with Crippen LogP contribution in [0.4, 0.5) is 0 Å². The van der Waals surface area contributed by atoms with Crippen LogP contribution in [0.5, 0.6) is 0 Å². The van der Waals surface area contributed by atoms with Gasteiger partial charge in [-0.2, -0.15) is 0 Å². The zero-order valence-electron chi connectivity index (χ0n) is 13.3. The molecule has 0 spiro atoms. The maximum absolute atomic E-state index is 12.7. The Morgan fingerprint density at radius 1 is 0.625 bits per heavy atom. The van der Waals surface area contributed by atoms with E-state index in [2.05, 4.69) is 0 Å². The van der Waals surface area contributed by atoms with Crippen LogP contribution in [0.3, 0.4) is 0 Å². The molecule has 2 fully saturated rings. The van der Waals surface area contributed by atoms with E-state index in [1.807, 2.05) is 72.8 Å². The summed E-state index contributed by atoms with van der Waals surface area (Å²) in [6, 6.07) is 19.7. The SMILES string of the molecule is O=C1C(=Cc2ccccc2)CC2C(=O)C(=Cc3ccccc3)CC12. The molecule has 2 atom stereocenters. The largest absolute Gasteiger partial charge is 0.294 e. The number of carbonyl (C=O) groups is 2. The Bertz CT molecular complexity index is 771. The summed E-state index contributed by atoms with van der Waals surface area (Å²) in [6.07, 6.45) is 5.02. The minimum Gasteiger partial charge on any atom is -0.294 e. The molecule has 0 aromatic heterocycles. The lowest BCUT2D eigenvalue weighted by Gasteiger charge is -2.02. The van der Waals surface area contributed by atoms with Crippen molar-refractivity contribution in [1.82, 2.24) is 0 Å². The van der Waals surface area contributed by atoms with Gasteiger partial charge in [0, 0.05) is 11.8 Å². The van der Waals surface area contributed by atoms with Crippen molar-refractivity contribution in [1.29, 1.82) is 0 Å². The number of rotatable bonds is 2. The summed E-state index contributed by atoms with van der Waals surface area (Å²) in [6.45, 7) is 0. The lowest BCUT2D eigenvalue weighted by molar-refractivity contribution is -0.122. The second kappa shape index (κ2) is 6.04. The average Bonchev–Trinajstić information content (AvgIpc) is 3.08. The van der Waals surface area contributed by atoms with E-state index in [-0.39, 0.29) is 23.4 Å². The van der Waals surface area contributed by atoms with Gasteiger partial charge in [-0.15, -0.1) is 0 Å². The second-order valence-electron chi connectivity index (χ2n) is 6.51. The van der Waals surface area contributed by atoms with Gasteiger partial charge in [-0.3, -0.25) is 9.59 Å². The highest BCUT2D eigenvalue weighted by Gasteiger charge is 2.48. The van der Waals surface area contributed by atoms with Crippen molar-refractivity contribution in [3.8, 4) is 0 Å². The second-order valence-corrected chi connectivity index (χ2v) is 6.51. The smallest absolute Gasteiger partial charge is 0.163 e. The molecule has 2 aliphatic rings. The van der Waals surface area contributed by atoms with Gasteiger partial charge in [0.25, 0.3) is 0 Å². The maximum atomic E-state index is 12.7. The molecule has 2 saturated carbocycles. The fourth-order valence-corrected chi connectivity index (χ4v) is 3.75. The minimum atomic E-state index is -0.164. The predicted molar refractivity (Wildman–Crippen MR) is 95.1 cm³/mol. The van der Waals surface area contributed by atoms with Gasteiger partial charge in [0.2, 0.25) is 0 Å². The molecule has 2 heteroatoms. The molecule has 0 aliphatic heterocycles. The van der Waals surface area contributed by atoms with Crippen molar-refractivity contribution < 1.29 is 9.59 Å². The van der Waals surface area contributed by atoms with Gasteiger partial charge in [-0.25, -0.2) is 0 Å². The van der Waals surface area contributed by atoms with Crippen LogP contribution in [0.2, 0.25) is 0 Å². The van der Waals surface area contributed by atoms with E-state index in [1.54, 1.807) is 0 Å². The Morgan fingerprint density at radius 2 is 1.00 bits per heavy atom. The van der Waals surface area contributed by atoms with Crippen LogP contribution in [-0.4, -0.2) is 11.6 Å². The van der Waals surface area contributed by atoms with Crippen LogP contribution in [0.1, 0.15) is 24.0 Å². The first-order valence-corrected chi connectivity index (χ1v) is 8.32. The van der Waals surface area contributed by atoms with Crippen molar-refractivity contribution in [2.45, 2.75) is 12.8 Å². The zero-order valence-corrected chi connectivity index (χ0v) is 13.3. The standard InChI is InChI=1S/C22H18O2/c23-21-17(11-15-7-3-1-4-8-15)13-19-20(21)14-18(22(19)24)12-16-9-5-2-6-10-16/h1-12,19-20H,13-14H2. The average molecular weight is 314 g/mol. The van der Waals surface area contributed by atoms with Crippen LogP contribution in [0.15, 0.2) is 71.8 Å². The van der Waals surface area contributed by atoms with E-state index in [9.17, 15) is 9.59 Å². The Kier molecular flexibility index (Phi) is 3.73. The van der Waals surface area contributed by atoms with Crippen molar-refractivity contribution in [2.75, 3.05) is 0 Å². The molecule has 0 heterocycles. The van der Waals surface area contributed by atoms with E-state index >= 15 is 0 Å². The van der Waals surface area contributed by atoms with Crippen LogP contribution >= 0.6 is 0 Å². The summed E-state index contributed by atoms with van der Waals surface area (Å²) < 4.78 is 0. The first kappa shape index (κ1) is 14.8. The Morgan fingerprint density at radius 3 is 1.38 bits per heavy atom. The third kappa shape index (κ3) is 2.65. The monoisotopic (exact) mass is 314 g/mol. The summed E-state index contributed by atoms with van der Waals surface area (Å²) >= 11 is 0. The molecule has 0 saturated heterocycles. The molecule has 0 amide bonds. The number of allylic oxidation sites excluding steroid dienone is 2. The topological polar surface area (TPSA) is 34.1 Å². The highest BCUT2D eigenvalue weighted by atomic mass is 16.1. The van der Waals surface area contributed by atoms with Gasteiger partial charge in [-0.05, 0) is 47.3 Å².